The van der Waals surface area contributed by atoms with Crippen LogP contribution in [0, 0.1) is 6.92 Å². The van der Waals surface area contributed by atoms with E-state index in [4.69, 9.17) is 4.74 Å². The summed E-state index contributed by atoms with van der Waals surface area (Å²) in [4.78, 5) is 0.372. The molecule has 5 heteroatoms. The van der Waals surface area contributed by atoms with Crippen molar-refractivity contribution in [3.8, 4) is 11.5 Å². The van der Waals surface area contributed by atoms with Crippen LogP contribution in [-0.2, 0) is 9.84 Å². The standard InChI is InChI=1S/C16H18O4S/c1-3-10-20-16-9-8-15(11-12(16)2)21(18,19)14-6-4-13(17)5-7-14/h4-9,11,17H,3,10H2,1-2H3. The SMILES string of the molecule is CCCOc1ccc(S(=O)(=O)c2ccc(O)cc2)cc1C. The van der Waals surface area contributed by atoms with Crippen LogP contribution in [0.2, 0.25) is 0 Å². The van der Waals surface area contributed by atoms with Crippen molar-refractivity contribution in [2.75, 3.05) is 6.61 Å². The zero-order valence-corrected chi connectivity index (χ0v) is 12.9. The van der Waals surface area contributed by atoms with E-state index in [9.17, 15) is 13.5 Å². The molecule has 0 spiro atoms. The fourth-order valence-electron chi connectivity index (χ4n) is 1.92. The summed E-state index contributed by atoms with van der Waals surface area (Å²) in [6.45, 7) is 4.44. The summed E-state index contributed by atoms with van der Waals surface area (Å²) in [5.41, 5.74) is 0.781. The van der Waals surface area contributed by atoms with E-state index in [-0.39, 0.29) is 15.5 Å². The molecule has 0 bridgehead atoms. The van der Waals surface area contributed by atoms with Crippen LogP contribution in [0.4, 0.5) is 0 Å². The van der Waals surface area contributed by atoms with E-state index in [0.717, 1.165) is 12.0 Å². The smallest absolute Gasteiger partial charge is 0.206 e. The van der Waals surface area contributed by atoms with Gasteiger partial charge >= 0.3 is 0 Å². The topological polar surface area (TPSA) is 63.6 Å². The molecular formula is C16H18O4S. The van der Waals surface area contributed by atoms with Crippen LogP contribution in [0.15, 0.2) is 52.3 Å². The van der Waals surface area contributed by atoms with Crippen molar-refractivity contribution in [3.63, 3.8) is 0 Å². The third kappa shape index (κ3) is 3.36. The fraction of sp³-hybridized carbons (Fsp3) is 0.250. The molecule has 0 fully saturated rings. The summed E-state index contributed by atoms with van der Waals surface area (Å²) in [6, 6.07) is 10.3. The summed E-state index contributed by atoms with van der Waals surface area (Å²) >= 11 is 0. The van der Waals surface area contributed by atoms with Crippen molar-refractivity contribution in [3.05, 3.63) is 48.0 Å². The Hall–Kier alpha value is -2.01. The van der Waals surface area contributed by atoms with Gasteiger partial charge in [-0.05, 0) is 61.4 Å². The van der Waals surface area contributed by atoms with Gasteiger partial charge in [0, 0.05) is 0 Å². The number of phenols is 1. The molecule has 2 aromatic carbocycles. The molecule has 0 heterocycles. The zero-order valence-electron chi connectivity index (χ0n) is 12.0. The van der Waals surface area contributed by atoms with Crippen molar-refractivity contribution in [1.29, 1.82) is 0 Å². The summed E-state index contributed by atoms with van der Waals surface area (Å²) < 4.78 is 30.5. The highest BCUT2D eigenvalue weighted by atomic mass is 32.2. The number of ether oxygens (including phenoxy) is 1. The normalized spacial score (nSPS) is 11.3. The molecule has 0 amide bonds. The Balaban J connectivity index is 2.37. The maximum atomic E-state index is 12.5. The number of sulfone groups is 1. The number of phenolic OH excluding ortho intramolecular Hbond substituents is 1. The van der Waals surface area contributed by atoms with Gasteiger partial charge in [-0.3, -0.25) is 0 Å². The molecule has 0 aliphatic rings. The van der Waals surface area contributed by atoms with Crippen LogP contribution in [0.5, 0.6) is 11.5 Å². The van der Waals surface area contributed by atoms with E-state index < -0.39 is 9.84 Å². The number of hydrogen-bond donors (Lipinski definition) is 1. The molecule has 0 saturated carbocycles. The highest BCUT2D eigenvalue weighted by Gasteiger charge is 2.18. The number of aromatic hydroxyl groups is 1. The molecule has 0 unspecified atom stereocenters. The van der Waals surface area contributed by atoms with Crippen molar-refractivity contribution in [1.82, 2.24) is 0 Å². The van der Waals surface area contributed by atoms with Crippen LogP contribution in [0.25, 0.3) is 0 Å². The van der Waals surface area contributed by atoms with Crippen molar-refractivity contribution >= 4 is 9.84 Å². The number of rotatable bonds is 5. The minimum Gasteiger partial charge on any atom is -0.508 e. The van der Waals surface area contributed by atoms with Gasteiger partial charge in [-0.2, -0.15) is 0 Å². The van der Waals surface area contributed by atoms with E-state index >= 15 is 0 Å². The third-order valence-corrected chi connectivity index (χ3v) is 4.83. The second-order valence-corrected chi connectivity index (χ2v) is 6.72. The molecule has 0 radical (unpaired) electrons. The van der Waals surface area contributed by atoms with Crippen LogP contribution < -0.4 is 4.74 Å². The van der Waals surface area contributed by atoms with Gasteiger partial charge in [-0.1, -0.05) is 6.92 Å². The van der Waals surface area contributed by atoms with Gasteiger partial charge in [0.2, 0.25) is 9.84 Å². The molecule has 0 saturated heterocycles. The Morgan fingerprint density at radius 2 is 1.67 bits per heavy atom. The molecule has 112 valence electrons. The predicted octanol–water partition coefficient (Wildman–Crippen LogP) is 3.32. The van der Waals surface area contributed by atoms with Gasteiger partial charge < -0.3 is 9.84 Å². The zero-order chi connectivity index (χ0) is 15.5. The van der Waals surface area contributed by atoms with E-state index in [1.54, 1.807) is 18.2 Å². The first-order valence-corrected chi connectivity index (χ1v) is 8.21. The lowest BCUT2D eigenvalue weighted by Crippen LogP contribution is -2.03. The van der Waals surface area contributed by atoms with Gasteiger partial charge in [0.25, 0.3) is 0 Å². The molecule has 0 atom stereocenters. The van der Waals surface area contributed by atoms with Gasteiger partial charge in [-0.15, -0.1) is 0 Å². The maximum Gasteiger partial charge on any atom is 0.206 e. The average Bonchev–Trinajstić information content (AvgIpc) is 2.46. The molecule has 2 rings (SSSR count). The lowest BCUT2D eigenvalue weighted by atomic mass is 10.2. The van der Waals surface area contributed by atoms with E-state index in [1.807, 2.05) is 13.8 Å². The molecule has 2 aromatic rings. The largest absolute Gasteiger partial charge is 0.508 e. The van der Waals surface area contributed by atoms with E-state index in [1.165, 1.54) is 24.3 Å². The third-order valence-electron chi connectivity index (χ3n) is 3.07. The first-order valence-electron chi connectivity index (χ1n) is 6.72. The fourth-order valence-corrected chi connectivity index (χ4v) is 3.27. The quantitative estimate of drug-likeness (QED) is 0.920. The maximum absolute atomic E-state index is 12.5. The molecular weight excluding hydrogens is 288 g/mol. The highest BCUT2D eigenvalue weighted by molar-refractivity contribution is 7.91. The van der Waals surface area contributed by atoms with Gasteiger partial charge in [0.15, 0.2) is 0 Å². The van der Waals surface area contributed by atoms with Crippen LogP contribution >= 0.6 is 0 Å². The number of benzene rings is 2. The second-order valence-electron chi connectivity index (χ2n) is 4.77. The minimum atomic E-state index is -3.58. The Morgan fingerprint density at radius 3 is 2.24 bits per heavy atom. The first kappa shape index (κ1) is 15.4. The van der Waals surface area contributed by atoms with Crippen LogP contribution in [0.3, 0.4) is 0 Å². The summed E-state index contributed by atoms with van der Waals surface area (Å²) in [6.07, 6.45) is 0.896. The Labute approximate surface area is 124 Å². The highest BCUT2D eigenvalue weighted by Crippen LogP contribution is 2.27. The van der Waals surface area contributed by atoms with Crippen LogP contribution in [0.1, 0.15) is 18.9 Å². The van der Waals surface area contributed by atoms with Gasteiger partial charge in [0.05, 0.1) is 16.4 Å². The summed E-state index contributed by atoms with van der Waals surface area (Å²) in [7, 11) is -3.58. The molecule has 4 nitrogen and oxygen atoms in total. The molecule has 21 heavy (non-hydrogen) atoms. The molecule has 0 aliphatic heterocycles. The number of aryl methyl sites for hydroxylation is 1. The average molecular weight is 306 g/mol. The lowest BCUT2D eigenvalue weighted by molar-refractivity contribution is 0.315. The van der Waals surface area contributed by atoms with Crippen molar-refractivity contribution in [2.24, 2.45) is 0 Å². The molecule has 0 aliphatic carbocycles. The lowest BCUT2D eigenvalue weighted by Gasteiger charge is -2.10. The van der Waals surface area contributed by atoms with Gasteiger partial charge in [-0.25, -0.2) is 8.42 Å². The van der Waals surface area contributed by atoms with Gasteiger partial charge in [0.1, 0.15) is 11.5 Å². The molecule has 1 N–H and O–H groups in total. The monoisotopic (exact) mass is 306 g/mol. The molecule has 0 aromatic heterocycles. The van der Waals surface area contributed by atoms with Crippen molar-refractivity contribution < 1.29 is 18.3 Å². The summed E-state index contributed by atoms with van der Waals surface area (Å²) in [5, 5.41) is 9.24. The predicted molar refractivity (Wildman–Crippen MR) is 80.5 cm³/mol. The first-order chi connectivity index (χ1) is 9.95. The summed E-state index contributed by atoms with van der Waals surface area (Å²) in [5.74, 6) is 0.731. The van der Waals surface area contributed by atoms with E-state index in [0.29, 0.717) is 12.4 Å². The Morgan fingerprint density at radius 1 is 1.05 bits per heavy atom. The minimum absolute atomic E-state index is 0.0356. The number of hydrogen-bond acceptors (Lipinski definition) is 4. The Bertz CT molecular complexity index is 718. The van der Waals surface area contributed by atoms with E-state index in [2.05, 4.69) is 0 Å². The Kier molecular flexibility index (Phi) is 4.53. The second kappa shape index (κ2) is 6.18. The van der Waals surface area contributed by atoms with Crippen LogP contribution in [-0.4, -0.2) is 20.1 Å². The van der Waals surface area contributed by atoms with Crippen molar-refractivity contribution in [2.45, 2.75) is 30.1 Å².